The first kappa shape index (κ1) is 18.3. The standard InChI is InChI=1S/C19H19BrN2O4/c20-14-3-5-15(6-4-14)22-19(24)12-21-18(23)8-2-13-1-7-16-17(11-13)26-10-9-25-16/h1,3-7,11H,2,8-10,12H2,(H,21,23)(H,22,24). The van der Waals surface area contributed by atoms with Gasteiger partial charge in [0.2, 0.25) is 11.8 Å². The molecular formula is C19H19BrN2O4. The number of carbonyl (C=O) groups excluding carboxylic acids is 2. The molecule has 0 radical (unpaired) electrons. The number of aryl methyl sites for hydroxylation is 1. The molecule has 0 aliphatic carbocycles. The zero-order valence-electron chi connectivity index (χ0n) is 14.1. The highest BCUT2D eigenvalue weighted by Crippen LogP contribution is 2.31. The lowest BCUT2D eigenvalue weighted by atomic mass is 10.1. The van der Waals surface area contributed by atoms with Crippen molar-refractivity contribution in [2.75, 3.05) is 25.1 Å². The molecule has 2 amide bonds. The van der Waals surface area contributed by atoms with Gasteiger partial charge in [0.05, 0.1) is 6.54 Å². The van der Waals surface area contributed by atoms with Crippen molar-refractivity contribution in [1.82, 2.24) is 5.32 Å². The Morgan fingerprint density at radius 2 is 1.69 bits per heavy atom. The summed E-state index contributed by atoms with van der Waals surface area (Å²) in [4.78, 5) is 23.8. The minimum atomic E-state index is -0.264. The molecule has 1 aliphatic heterocycles. The predicted molar refractivity (Wildman–Crippen MR) is 102 cm³/mol. The van der Waals surface area contributed by atoms with Gasteiger partial charge in [-0.05, 0) is 48.4 Å². The molecule has 0 saturated heterocycles. The number of carbonyl (C=O) groups is 2. The number of benzene rings is 2. The van der Waals surface area contributed by atoms with Crippen LogP contribution < -0.4 is 20.1 Å². The van der Waals surface area contributed by atoms with Crippen LogP contribution in [0, 0.1) is 0 Å². The molecular weight excluding hydrogens is 400 g/mol. The summed E-state index contributed by atoms with van der Waals surface area (Å²) in [5, 5.41) is 5.36. The van der Waals surface area contributed by atoms with E-state index in [1.165, 1.54) is 0 Å². The van der Waals surface area contributed by atoms with Gasteiger partial charge in [0.15, 0.2) is 11.5 Å². The highest BCUT2D eigenvalue weighted by Gasteiger charge is 2.12. The van der Waals surface area contributed by atoms with Gasteiger partial charge >= 0.3 is 0 Å². The summed E-state index contributed by atoms with van der Waals surface area (Å²) in [5.41, 5.74) is 1.67. The van der Waals surface area contributed by atoms with Gasteiger partial charge in [0, 0.05) is 16.6 Å². The molecule has 6 nitrogen and oxygen atoms in total. The van der Waals surface area contributed by atoms with Crippen LogP contribution in [-0.2, 0) is 16.0 Å². The minimum Gasteiger partial charge on any atom is -0.486 e. The number of hydrogen-bond acceptors (Lipinski definition) is 4. The molecule has 136 valence electrons. The molecule has 0 fully saturated rings. The van der Waals surface area contributed by atoms with Crippen molar-refractivity contribution in [1.29, 1.82) is 0 Å². The van der Waals surface area contributed by atoms with Crippen LogP contribution in [0.4, 0.5) is 5.69 Å². The van der Waals surface area contributed by atoms with E-state index in [-0.39, 0.29) is 18.4 Å². The zero-order chi connectivity index (χ0) is 18.4. The van der Waals surface area contributed by atoms with Crippen LogP contribution in [0.5, 0.6) is 11.5 Å². The third-order valence-electron chi connectivity index (χ3n) is 3.82. The second kappa shape index (κ2) is 8.71. The van der Waals surface area contributed by atoms with Crippen molar-refractivity contribution in [3.05, 3.63) is 52.5 Å². The Morgan fingerprint density at radius 1 is 0.962 bits per heavy atom. The van der Waals surface area contributed by atoms with Gasteiger partial charge in [-0.2, -0.15) is 0 Å². The van der Waals surface area contributed by atoms with E-state index in [0.29, 0.717) is 37.5 Å². The molecule has 1 heterocycles. The summed E-state index contributed by atoms with van der Waals surface area (Å²) in [6.07, 6.45) is 0.863. The van der Waals surface area contributed by atoms with Gasteiger partial charge in [-0.25, -0.2) is 0 Å². The molecule has 0 unspecified atom stereocenters. The first-order chi connectivity index (χ1) is 12.6. The Hall–Kier alpha value is -2.54. The molecule has 26 heavy (non-hydrogen) atoms. The lowest BCUT2D eigenvalue weighted by molar-refractivity contribution is -0.124. The molecule has 3 rings (SSSR count). The van der Waals surface area contributed by atoms with Crippen LogP contribution in [0.1, 0.15) is 12.0 Å². The van der Waals surface area contributed by atoms with E-state index < -0.39 is 0 Å². The number of nitrogens with one attached hydrogen (secondary N) is 2. The molecule has 0 atom stereocenters. The zero-order valence-corrected chi connectivity index (χ0v) is 15.7. The van der Waals surface area contributed by atoms with Crippen LogP contribution in [0.15, 0.2) is 46.9 Å². The number of rotatable bonds is 6. The molecule has 7 heteroatoms. The molecule has 2 aromatic rings. The number of hydrogen-bond donors (Lipinski definition) is 2. The van der Waals surface area contributed by atoms with Gasteiger partial charge in [-0.1, -0.05) is 22.0 Å². The van der Waals surface area contributed by atoms with Crippen LogP contribution in [-0.4, -0.2) is 31.6 Å². The molecule has 1 aliphatic rings. The molecule has 0 aromatic heterocycles. The molecule has 0 spiro atoms. The average molecular weight is 419 g/mol. The Labute approximate surface area is 160 Å². The second-order valence-electron chi connectivity index (χ2n) is 5.81. The van der Waals surface area contributed by atoms with Crippen LogP contribution in [0.25, 0.3) is 0 Å². The average Bonchev–Trinajstić information content (AvgIpc) is 2.66. The molecule has 2 N–H and O–H groups in total. The quantitative estimate of drug-likeness (QED) is 0.755. The van der Waals surface area contributed by atoms with E-state index in [4.69, 9.17) is 9.47 Å². The van der Waals surface area contributed by atoms with Crippen molar-refractivity contribution in [3.63, 3.8) is 0 Å². The number of ether oxygens (including phenoxy) is 2. The van der Waals surface area contributed by atoms with E-state index >= 15 is 0 Å². The maximum absolute atomic E-state index is 12.0. The third-order valence-corrected chi connectivity index (χ3v) is 4.35. The maximum Gasteiger partial charge on any atom is 0.243 e. The summed E-state index contributed by atoms with van der Waals surface area (Å²) in [6, 6.07) is 12.9. The predicted octanol–water partition coefficient (Wildman–Crippen LogP) is 2.91. The normalized spacial score (nSPS) is 12.3. The van der Waals surface area contributed by atoms with Crippen molar-refractivity contribution in [3.8, 4) is 11.5 Å². The van der Waals surface area contributed by atoms with E-state index in [9.17, 15) is 9.59 Å². The maximum atomic E-state index is 12.0. The molecule has 0 saturated carbocycles. The highest BCUT2D eigenvalue weighted by molar-refractivity contribution is 9.10. The third kappa shape index (κ3) is 5.23. The van der Waals surface area contributed by atoms with Gasteiger partial charge in [-0.15, -0.1) is 0 Å². The number of anilines is 1. The summed E-state index contributed by atoms with van der Waals surface area (Å²) in [7, 11) is 0. The van der Waals surface area contributed by atoms with Gasteiger partial charge in [0.1, 0.15) is 13.2 Å². The molecule has 2 aromatic carbocycles. The Bertz CT molecular complexity index is 793. The smallest absolute Gasteiger partial charge is 0.243 e. The summed E-state index contributed by atoms with van der Waals surface area (Å²) in [6.45, 7) is 1.03. The van der Waals surface area contributed by atoms with Crippen LogP contribution in [0.2, 0.25) is 0 Å². The largest absolute Gasteiger partial charge is 0.486 e. The fraction of sp³-hybridized carbons (Fsp3) is 0.263. The van der Waals surface area contributed by atoms with E-state index in [2.05, 4.69) is 26.6 Å². The molecule has 0 bridgehead atoms. The van der Waals surface area contributed by atoms with E-state index in [1.807, 2.05) is 30.3 Å². The fourth-order valence-corrected chi connectivity index (χ4v) is 2.77. The Balaban J connectivity index is 1.41. The Morgan fingerprint density at radius 3 is 2.46 bits per heavy atom. The monoisotopic (exact) mass is 418 g/mol. The van der Waals surface area contributed by atoms with Crippen LogP contribution >= 0.6 is 15.9 Å². The first-order valence-electron chi connectivity index (χ1n) is 8.31. The lowest BCUT2D eigenvalue weighted by Gasteiger charge is -2.18. The highest BCUT2D eigenvalue weighted by atomic mass is 79.9. The topological polar surface area (TPSA) is 76.7 Å². The summed E-state index contributed by atoms with van der Waals surface area (Å²) < 4.78 is 11.9. The van der Waals surface area contributed by atoms with Crippen molar-refractivity contribution < 1.29 is 19.1 Å². The lowest BCUT2D eigenvalue weighted by Crippen LogP contribution is -2.32. The summed E-state index contributed by atoms with van der Waals surface area (Å²) in [5.74, 6) is 1.00. The second-order valence-corrected chi connectivity index (χ2v) is 6.73. The first-order valence-corrected chi connectivity index (χ1v) is 9.10. The van der Waals surface area contributed by atoms with Crippen molar-refractivity contribution >= 4 is 33.4 Å². The number of amides is 2. The number of fused-ring (bicyclic) bond motifs is 1. The van der Waals surface area contributed by atoms with E-state index in [0.717, 1.165) is 15.8 Å². The van der Waals surface area contributed by atoms with Crippen molar-refractivity contribution in [2.24, 2.45) is 0 Å². The Kier molecular flexibility index (Phi) is 6.12. The van der Waals surface area contributed by atoms with Gasteiger partial charge in [-0.3, -0.25) is 9.59 Å². The van der Waals surface area contributed by atoms with E-state index in [1.54, 1.807) is 12.1 Å². The van der Waals surface area contributed by atoms with Gasteiger partial charge < -0.3 is 20.1 Å². The summed E-state index contributed by atoms with van der Waals surface area (Å²) >= 11 is 3.33. The SMILES string of the molecule is O=C(CCc1ccc2c(c1)OCCO2)NCC(=O)Nc1ccc(Br)cc1. The van der Waals surface area contributed by atoms with Crippen molar-refractivity contribution in [2.45, 2.75) is 12.8 Å². The number of halogens is 1. The van der Waals surface area contributed by atoms with Gasteiger partial charge in [0.25, 0.3) is 0 Å². The minimum absolute atomic E-state index is 0.0595. The van der Waals surface area contributed by atoms with Crippen LogP contribution in [0.3, 0.4) is 0 Å². The fourth-order valence-electron chi connectivity index (χ4n) is 2.51.